The van der Waals surface area contributed by atoms with Crippen LogP contribution in [0.4, 0.5) is 5.69 Å². The molecule has 1 aromatic carbocycles. The second-order valence-corrected chi connectivity index (χ2v) is 6.17. The van der Waals surface area contributed by atoms with Crippen LogP contribution in [0.25, 0.3) is 0 Å². The highest BCUT2D eigenvalue weighted by Gasteiger charge is 2.13. The fourth-order valence-corrected chi connectivity index (χ4v) is 3.20. The zero-order chi connectivity index (χ0) is 13.0. The summed E-state index contributed by atoms with van der Waals surface area (Å²) in [5.41, 5.74) is 8.18. The topological polar surface area (TPSA) is 32.5 Å². The van der Waals surface area contributed by atoms with Crippen LogP contribution in [0, 0.1) is 6.92 Å². The maximum atomic E-state index is 5.99. The van der Waals surface area contributed by atoms with Crippen molar-refractivity contribution in [3.8, 4) is 0 Å². The van der Waals surface area contributed by atoms with E-state index in [0.29, 0.717) is 0 Å². The van der Waals surface area contributed by atoms with Gasteiger partial charge in [-0.25, -0.2) is 0 Å². The van der Waals surface area contributed by atoms with Crippen LogP contribution >= 0.6 is 11.8 Å². The van der Waals surface area contributed by atoms with E-state index in [1.165, 1.54) is 36.6 Å². The maximum Gasteiger partial charge on any atom is 0.0452 e. The summed E-state index contributed by atoms with van der Waals surface area (Å²) in [4.78, 5) is 6.16. The van der Waals surface area contributed by atoms with Crippen molar-refractivity contribution in [2.24, 2.45) is 0 Å². The smallest absolute Gasteiger partial charge is 0.0452 e. The molecule has 0 atom stereocenters. The minimum Gasteiger partial charge on any atom is -0.398 e. The van der Waals surface area contributed by atoms with Crippen molar-refractivity contribution >= 4 is 17.4 Å². The number of benzene rings is 1. The highest BCUT2D eigenvalue weighted by Crippen LogP contribution is 2.25. The first kappa shape index (κ1) is 13.7. The Bertz CT molecular complexity index is 387. The molecule has 0 aromatic heterocycles. The van der Waals surface area contributed by atoms with E-state index >= 15 is 0 Å². The van der Waals surface area contributed by atoms with E-state index in [0.717, 1.165) is 18.0 Å². The fourth-order valence-electron chi connectivity index (χ4n) is 2.12. The van der Waals surface area contributed by atoms with Crippen molar-refractivity contribution in [1.29, 1.82) is 0 Å². The Morgan fingerprint density at radius 2 is 1.94 bits per heavy atom. The normalized spacial score (nSPS) is 18.1. The molecule has 0 amide bonds. The van der Waals surface area contributed by atoms with Gasteiger partial charge in [0.15, 0.2) is 0 Å². The maximum absolute atomic E-state index is 5.99. The third kappa shape index (κ3) is 3.90. The van der Waals surface area contributed by atoms with Gasteiger partial charge in [-0.3, -0.25) is 4.90 Å². The number of nitrogens with two attached hydrogens (primary N) is 1. The summed E-state index contributed by atoms with van der Waals surface area (Å²) in [6, 6.07) is 6.26. The van der Waals surface area contributed by atoms with Gasteiger partial charge < -0.3 is 10.6 Å². The van der Waals surface area contributed by atoms with Crippen molar-refractivity contribution in [3.05, 3.63) is 23.8 Å². The lowest BCUT2D eigenvalue weighted by atomic mass is 10.2. The Hall–Kier alpha value is -0.710. The van der Waals surface area contributed by atoms with Crippen LogP contribution in [-0.2, 0) is 0 Å². The minimum absolute atomic E-state index is 0.906. The molecule has 1 heterocycles. The van der Waals surface area contributed by atoms with Crippen molar-refractivity contribution in [2.45, 2.75) is 11.8 Å². The first-order chi connectivity index (χ1) is 8.65. The molecule has 2 N–H and O–H groups in total. The number of thioether (sulfide) groups is 1. The molecule has 0 saturated carbocycles. The molecule has 3 nitrogen and oxygen atoms in total. The summed E-state index contributed by atoms with van der Waals surface area (Å²) < 4.78 is 0. The van der Waals surface area contributed by atoms with Crippen molar-refractivity contribution in [2.75, 3.05) is 51.3 Å². The van der Waals surface area contributed by atoms with Gasteiger partial charge in [-0.1, -0.05) is 6.07 Å². The van der Waals surface area contributed by atoms with E-state index in [9.17, 15) is 0 Å². The Balaban J connectivity index is 1.76. The van der Waals surface area contributed by atoms with Crippen molar-refractivity contribution in [3.63, 3.8) is 0 Å². The van der Waals surface area contributed by atoms with E-state index in [4.69, 9.17) is 5.73 Å². The molecule has 1 saturated heterocycles. The van der Waals surface area contributed by atoms with Gasteiger partial charge in [0, 0.05) is 49.1 Å². The van der Waals surface area contributed by atoms with E-state index in [1.807, 2.05) is 17.8 Å². The van der Waals surface area contributed by atoms with Gasteiger partial charge in [-0.05, 0) is 31.7 Å². The highest BCUT2D eigenvalue weighted by atomic mass is 32.2. The van der Waals surface area contributed by atoms with Crippen LogP contribution in [0.3, 0.4) is 0 Å². The lowest BCUT2D eigenvalue weighted by Gasteiger charge is -2.32. The number of likely N-dealkylation sites (N-methyl/N-ethyl adjacent to an activating group) is 1. The molecule has 100 valence electrons. The fraction of sp³-hybridized carbons (Fsp3) is 0.571. The predicted molar refractivity (Wildman–Crippen MR) is 80.3 cm³/mol. The zero-order valence-electron chi connectivity index (χ0n) is 11.4. The predicted octanol–water partition coefficient (Wildman–Crippen LogP) is 1.92. The molecule has 0 bridgehead atoms. The van der Waals surface area contributed by atoms with Gasteiger partial charge in [0.1, 0.15) is 0 Å². The second-order valence-electron chi connectivity index (χ2n) is 5.03. The lowest BCUT2D eigenvalue weighted by molar-refractivity contribution is 0.161. The SMILES string of the molecule is Cc1ccc(N)c(SCCN2CCN(C)CC2)c1. The molecular formula is C14H23N3S. The van der Waals surface area contributed by atoms with Crippen LogP contribution in [0.1, 0.15) is 5.56 Å². The van der Waals surface area contributed by atoms with Crippen LogP contribution in [0.5, 0.6) is 0 Å². The largest absolute Gasteiger partial charge is 0.398 e. The number of hydrogen-bond donors (Lipinski definition) is 1. The Kier molecular flexibility index (Phi) is 4.92. The van der Waals surface area contributed by atoms with E-state index in [1.54, 1.807) is 0 Å². The second kappa shape index (κ2) is 6.45. The van der Waals surface area contributed by atoms with E-state index in [2.05, 4.69) is 35.9 Å². The molecule has 18 heavy (non-hydrogen) atoms. The van der Waals surface area contributed by atoms with Crippen molar-refractivity contribution < 1.29 is 0 Å². The zero-order valence-corrected chi connectivity index (χ0v) is 12.2. The molecule has 1 fully saturated rings. The molecule has 2 rings (SSSR count). The van der Waals surface area contributed by atoms with Crippen LogP contribution in [0.15, 0.2) is 23.1 Å². The number of nitrogen functional groups attached to an aromatic ring is 1. The number of nitrogens with zero attached hydrogens (tertiary/aromatic N) is 2. The molecule has 1 aromatic rings. The third-order valence-electron chi connectivity index (χ3n) is 3.43. The minimum atomic E-state index is 0.906. The monoisotopic (exact) mass is 265 g/mol. The quantitative estimate of drug-likeness (QED) is 0.666. The average Bonchev–Trinajstić information content (AvgIpc) is 2.36. The number of piperazine rings is 1. The number of aryl methyl sites for hydroxylation is 1. The Morgan fingerprint density at radius 1 is 1.22 bits per heavy atom. The summed E-state index contributed by atoms with van der Waals surface area (Å²) in [7, 11) is 2.19. The summed E-state index contributed by atoms with van der Waals surface area (Å²) in [6.07, 6.45) is 0. The van der Waals surface area contributed by atoms with Gasteiger partial charge in [-0.15, -0.1) is 11.8 Å². The summed E-state index contributed by atoms with van der Waals surface area (Å²) >= 11 is 1.88. The van der Waals surface area contributed by atoms with Crippen LogP contribution in [-0.4, -0.2) is 55.3 Å². The number of hydrogen-bond acceptors (Lipinski definition) is 4. The van der Waals surface area contributed by atoms with Gasteiger partial charge in [0.2, 0.25) is 0 Å². The molecule has 0 radical (unpaired) electrons. The number of anilines is 1. The Labute approximate surface area is 114 Å². The summed E-state index contributed by atoms with van der Waals surface area (Å²) in [5, 5.41) is 0. The van der Waals surface area contributed by atoms with Crippen LogP contribution < -0.4 is 5.73 Å². The molecule has 0 unspecified atom stereocenters. The molecular weight excluding hydrogens is 242 g/mol. The summed E-state index contributed by atoms with van der Waals surface area (Å²) in [5.74, 6) is 1.12. The van der Waals surface area contributed by atoms with Crippen molar-refractivity contribution in [1.82, 2.24) is 9.80 Å². The summed E-state index contributed by atoms with van der Waals surface area (Å²) in [6.45, 7) is 8.05. The van der Waals surface area contributed by atoms with Crippen LogP contribution in [0.2, 0.25) is 0 Å². The molecule has 1 aliphatic heterocycles. The average molecular weight is 265 g/mol. The third-order valence-corrected chi connectivity index (χ3v) is 4.48. The first-order valence-electron chi connectivity index (χ1n) is 6.55. The molecule has 1 aliphatic rings. The van der Waals surface area contributed by atoms with Gasteiger partial charge in [0.05, 0.1) is 0 Å². The Morgan fingerprint density at radius 3 is 2.67 bits per heavy atom. The van der Waals surface area contributed by atoms with E-state index in [-0.39, 0.29) is 0 Å². The number of rotatable bonds is 4. The van der Waals surface area contributed by atoms with Gasteiger partial charge in [0.25, 0.3) is 0 Å². The highest BCUT2D eigenvalue weighted by molar-refractivity contribution is 7.99. The van der Waals surface area contributed by atoms with E-state index < -0.39 is 0 Å². The molecule has 4 heteroatoms. The molecule has 0 spiro atoms. The lowest BCUT2D eigenvalue weighted by Crippen LogP contribution is -2.45. The standard InChI is InChI=1S/C14H23N3S/c1-12-3-4-13(15)14(11-12)18-10-9-17-7-5-16(2)6-8-17/h3-4,11H,5-10,15H2,1-2H3. The first-order valence-corrected chi connectivity index (χ1v) is 7.53. The van der Waals surface area contributed by atoms with Gasteiger partial charge in [-0.2, -0.15) is 0 Å². The molecule has 0 aliphatic carbocycles. The van der Waals surface area contributed by atoms with Gasteiger partial charge >= 0.3 is 0 Å².